The van der Waals surface area contributed by atoms with Crippen LogP contribution in [0.1, 0.15) is 10.5 Å². The van der Waals surface area contributed by atoms with Gasteiger partial charge in [0.2, 0.25) is 0 Å². The van der Waals surface area contributed by atoms with Crippen LogP contribution in [-0.2, 0) is 0 Å². The summed E-state index contributed by atoms with van der Waals surface area (Å²) in [5.74, 6) is -1.05. The first-order valence-corrected chi connectivity index (χ1v) is 4.21. The molecule has 0 saturated carbocycles. The smallest absolute Gasteiger partial charge is 0.356 e. The van der Waals surface area contributed by atoms with Crippen LogP contribution in [0.5, 0.6) is 0 Å². The van der Waals surface area contributed by atoms with Crippen molar-refractivity contribution in [2.45, 2.75) is 0 Å². The van der Waals surface area contributed by atoms with Gasteiger partial charge in [0.25, 0.3) is 0 Å². The second-order valence-electron chi connectivity index (χ2n) is 2.39. The van der Waals surface area contributed by atoms with Gasteiger partial charge in [0.15, 0.2) is 11.3 Å². The van der Waals surface area contributed by atoms with Crippen molar-refractivity contribution in [3.8, 4) is 0 Å². The zero-order valence-electron chi connectivity index (χ0n) is 6.31. The van der Waals surface area contributed by atoms with Gasteiger partial charge in [-0.2, -0.15) is 5.10 Å². The molecule has 2 heterocycles. The molecular weight excluding hydrogens is 238 g/mol. The van der Waals surface area contributed by atoms with Crippen LogP contribution in [-0.4, -0.2) is 25.7 Å². The van der Waals surface area contributed by atoms with Crippen LogP contribution in [0, 0.1) is 0 Å². The summed E-state index contributed by atoms with van der Waals surface area (Å²) in [7, 11) is 0. The third-order valence-corrected chi connectivity index (χ3v) is 1.93. The standard InChI is InChI=1S/C7H4BrN3O2/c8-5-1-2-6-9-4(7(12)13)3-11(6)10-5/h1-3H,(H,12,13). The van der Waals surface area contributed by atoms with Gasteiger partial charge in [-0.25, -0.2) is 14.3 Å². The first-order valence-electron chi connectivity index (χ1n) is 3.42. The van der Waals surface area contributed by atoms with E-state index in [0.717, 1.165) is 0 Å². The lowest BCUT2D eigenvalue weighted by molar-refractivity contribution is 0.0691. The Morgan fingerprint density at radius 3 is 3.00 bits per heavy atom. The molecule has 2 aromatic heterocycles. The zero-order valence-corrected chi connectivity index (χ0v) is 7.89. The first kappa shape index (κ1) is 8.18. The Hall–Kier alpha value is -1.43. The number of aromatic nitrogens is 3. The number of aromatic carboxylic acids is 1. The van der Waals surface area contributed by atoms with E-state index in [0.29, 0.717) is 10.3 Å². The van der Waals surface area contributed by atoms with Crippen molar-refractivity contribution in [3.05, 3.63) is 28.6 Å². The molecule has 66 valence electrons. The third kappa shape index (κ3) is 1.40. The maximum Gasteiger partial charge on any atom is 0.356 e. The van der Waals surface area contributed by atoms with Gasteiger partial charge in [0, 0.05) is 0 Å². The molecule has 0 saturated heterocycles. The number of hydrogen-bond donors (Lipinski definition) is 1. The fraction of sp³-hybridized carbons (Fsp3) is 0. The number of nitrogens with zero attached hydrogens (tertiary/aromatic N) is 3. The maximum absolute atomic E-state index is 10.5. The third-order valence-electron chi connectivity index (χ3n) is 1.51. The van der Waals surface area contributed by atoms with Gasteiger partial charge in [0.05, 0.1) is 6.20 Å². The summed E-state index contributed by atoms with van der Waals surface area (Å²) in [6, 6.07) is 3.39. The second kappa shape index (κ2) is 2.81. The van der Waals surface area contributed by atoms with Crippen LogP contribution >= 0.6 is 15.9 Å². The molecule has 0 radical (unpaired) electrons. The molecule has 0 bridgehead atoms. The quantitative estimate of drug-likeness (QED) is 0.815. The van der Waals surface area contributed by atoms with E-state index in [9.17, 15) is 4.79 Å². The molecule has 0 aromatic carbocycles. The lowest BCUT2D eigenvalue weighted by Gasteiger charge is -1.90. The summed E-state index contributed by atoms with van der Waals surface area (Å²) < 4.78 is 2.04. The topological polar surface area (TPSA) is 67.5 Å². The molecule has 0 aliphatic heterocycles. The van der Waals surface area contributed by atoms with Crippen molar-refractivity contribution in [2.75, 3.05) is 0 Å². The predicted molar refractivity (Wildman–Crippen MR) is 47.6 cm³/mol. The van der Waals surface area contributed by atoms with E-state index in [4.69, 9.17) is 5.11 Å². The molecule has 2 aromatic rings. The molecule has 0 amide bonds. The van der Waals surface area contributed by atoms with Crippen molar-refractivity contribution in [1.29, 1.82) is 0 Å². The van der Waals surface area contributed by atoms with Gasteiger partial charge < -0.3 is 5.11 Å². The zero-order chi connectivity index (χ0) is 9.42. The molecule has 0 fully saturated rings. The molecular formula is C7H4BrN3O2. The van der Waals surface area contributed by atoms with Crippen LogP contribution in [0.15, 0.2) is 22.9 Å². The highest BCUT2D eigenvalue weighted by Gasteiger charge is 2.08. The van der Waals surface area contributed by atoms with E-state index in [2.05, 4.69) is 26.0 Å². The minimum atomic E-state index is -1.05. The molecule has 2 rings (SSSR count). The Morgan fingerprint density at radius 2 is 2.31 bits per heavy atom. The Bertz CT molecular complexity index is 480. The van der Waals surface area contributed by atoms with Crippen molar-refractivity contribution in [1.82, 2.24) is 14.6 Å². The first-order chi connectivity index (χ1) is 6.16. The van der Waals surface area contributed by atoms with E-state index >= 15 is 0 Å². The van der Waals surface area contributed by atoms with Crippen molar-refractivity contribution in [3.63, 3.8) is 0 Å². The van der Waals surface area contributed by atoms with Gasteiger partial charge in [0.1, 0.15) is 4.60 Å². The fourth-order valence-corrected chi connectivity index (χ4v) is 1.26. The molecule has 0 unspecified atom stereocenters. The van der Waals surface area contributed by atoms with Gasteiger partial charge in [-0.15, -0.1) is 0 Å². The van der Waals surface area contributed by atoms with E-state index in [1.54, 1.807) is 12.1 Å². The number of carboxylic acid groups (broad SMARTS) is 1. The number of rotatable bonds is 1. The highest BCUT2D eigenvalue weighted by atomic mass is 79.9. The van der Waals surface area contributed by atoms with Gasteiger partial charge in [-0.05, 0) is 28.1 Å². The molecule has 0 atom stereocenters. The normalized spacial score (nSPS) is 10.5. The number of halogens is 1. The molecule has 0 aliphatic rings. The minimum absolute atomic E-state index is 0.00870. The van der Waals surface area contributed by atoms with Gasteiger partial charge >= 0.3 is 5.97 Å². The Kier molecular flexibility index (Phi) is 1.77. The summed E-state index contributed by atoms with van der Waals surface area (Å²) in [6.45, 7) is 0. The Labute approximate surface area is 81.1 Å². The highest BCUT2D eigenvalue weighted by Crippen LogP contribution is 2.08. The lowest BCUT2D eigenvalue weighted by Crippen LogP contribution is -1.95. The summed E-state index contributed by atoms with van der Waals surface area (Å²) >= 11 is 3.17. The minimum Gasteiger partial charge on any atom is -0.476 e. The molecule has 6 heteroatoms. The van der Waals surface area contributed by atoms with Crippen LogP contribution in [0.3, 0.4) is 0 Å². The van der Waals surface area contributed by atoms with E-state index in [-0.39, 0.29) is 5.69 Å². The number of carboxylic acids is 1. The van der Waals surface area contributed by atoms with Gasteiger partial charge in [-0.1, -0.05) is 0 Å². The molecule has 13 heavy (non-hydrogen) atoms. The Balaban J connectivity index is 2.68. The highest BCUT2D eigenvalue weighted by molar-refractivity contribution is 9.10. The van der Waals surface area contributed by atoms with Crippen LogP contribution in [0.25, 0.3) is 5.65 Å². The fourth-order valence-electron chi connectivity index (χ4n) is 0.962. The Morgan fingerprint density at radius 1 is 1.54 bits per heavy atom. The maximum atomic E-state index is 10.5. The molecule has 0 spiro atoms. The van der Waals surface area contributed by atoms with Crippen LogP contribution in [0.4, 0.5) is 0 Å². The van der Waals surface area contributed by atoms with E-state index < -0.39 is 5.97 Å². The van der Waals surface area contributed by atoms with E-state index in [1.165, 1.54) is 10.7 Å². The number of carbonyl (C=O) groups is 1. The average Bonchev–Trinajstić information content (AvgIpc) is 2.46. The monoisotopic (exact) mass is 241 g/mol. The summed E-state index contributed by atoms with van der Waals surface area (Å²) in [5.41, 5.74) is 0.506. The summed E-state index contributed by atoms with van der Waals surface area (Å²) in [5, 5.41) is 12.6. The molecule has 1 N–H and O–H groups in total. The number of hydrogen-bond acceptors (Lipinski definition) is 3. The number of fused-ring (bicyclic) bond motifs is 1. The second-order valence-corrected chi connectivity index (χ2v) is 3.20. The van der Waals surface area contributed by atoms with Crippen molar-refractivity contribution in [2.24, 2.45) is 0 Å². The summed E-state index contributed by atoms with van der Waals surface area (Å²) in [4.78, 5) is 14.4. The number of imidazole rings is 1. The molecule has 5 nitrogen and oxygen atoms in total. The van der Waals surface area contributed by atoms with Gasteiger partial charge in [-0.3, -0.25) is 0 Å². The lowest BCUT2D eigenvalue weighted by atomic mass is 10.5. The van der Waals surface area contributed by atoms with Crippen LogP contribution in [0.2, 0.25) is 0 Å². The van der Waals surface area contributed by atoms with E-state index in [1.807, 2.05) is 0 Å². The summed E-state index contributed by atoms with van der Waals surface area (Å²) in [6.07, 6.45) is 1.36. The van der Waals surface area contributed by atoms with Crippen molar-refractivity contribution >= 4 is 27.5 Å². The predicted octanol–water partition coefficient (Wildman–Crippen LogP) is 1.19. The largest absolute Gasteiger partial charge is 0.476 e. The van der Waals surface area contributed by atoms with Crippen LogP contribution < -0.4 is 0 Å². The average molecular weight is 242 g/mol. The molecule has 0 aliphatic carbocycles. The van der Waals surface area contributed by atoms with Crippen molar-refractivity contribution < 1.29 is 9.90 Å². The SMILES string of the molecule is O=C(O)c1cn2nc(Br)ccc2n1.